The van der Waals surface area contributed by atoms with Gasteiger partial charge >= 0.3 is 0 Å². The maximum atomic E-state index is 13.3. The highest BCUT2D eigenvalue weighted by Gasteiger charge is 2.15. The number of aromatic nitrogens is 2. The van der Waals surface area contributed by atoms with E-state index in [9.17, 15) is 4.39 Å². The van der Waals surface area contributed by atoms with Gasteiger partial charge in [0.2, 0.25) is 12.7 Å². The van der Waals surface area contributed by atoms with Crippen molar-refractivity contribution >= 4 is 46.5 Å². The van der Waals surface area contributed by atoms with Gasteiger partial charge in [-0.25, -0.2) is 9.37 Å². The van der Waals surface area contributed by atoms with Gasteiger partial charge in [-0.05, 0) is 48.5 Å². The number of hydrogen-bond acceptors (Lipinski definition) is 7. The molecule has 7 nitrogen and oxygen atoms in total. The number of fused-ring (bicyclic) bond motifs is 2. The number of ether oxygens (including phenoxy) is 3. The van der Waals surface area contributed by atoms with Gasteiger partial charge in [-0.1, -0.05) is 6.07 Å². The predicted molar refractivity (Wildman–Crippen MR) is 119 cm³/mol. The van der Waals surface area contributed by atoms with Gasteiger partial charge in [-0.15, -0.1) is 12.4 Å². The van der Waals surface area contributed by atoms with Gasteiger partial charge in [-0.3, -0.25) is 0 Å². The van der Waals surface area contributed by atoms with Crippen LogP contribution in [0.3, 0.4) is 0 Å². The third kappa shape index (κ3) is 4.10. The fourth-order valence-corrected chi connectivity index (χ4v) is 3.22. The monoisotopic (exact) mass is 440 g/mol. The van der Waals surface area contributed by atoms with E-state index < -0.39 is 0 Å². The lowest BCUT2D eigenvalue weighted by Gasteiger charge is -2.14. The van der Waals surface area contributed by atoms with Crippen LogP contribution >= 0.6 is 12.4 Å². The van der Waals surface area contributed by atoms with E-state index in [4.69, 9.17) is 14.2 Å². The molecule has 0 unspecified atom stereocenters. The summed E-state index contributed by atoms with van der Waals surface area (Å²) in [5.74, 6) is 2.60. The normalized spacial score (nSPS) is 11.7. The zero-order valence-electron chi connectivity index (χ0n) is 16.4. The van der Waals surface area contributed by atoms with Gasteiger partial charge in [0, 0.05) is 22.8 Å². The number of methoxy groups -OCH3 is 1. The first-order chi connectivity index (χ1) is 14.7. The Hall–Kier alpha value is -3.78. The van der Waals surface area contributed by atoms with Crippen LogP contribution in [0.2, 0.25) is 0 Å². The molecule has 0 aliphatic carbocycles. The summed E-state index contributed by atoms with van der Waals surface area (Å²) in [5, 5.41) is 7.21. The lowest BCUT2D eigenvalue weighted by atomic mass is 10.2. The third-order valence-electron chi connectivity index (χ3n) is 4.65. The average molecular weight is 441 g/mol. The predicted octanol–water partition coefficient (Wildman–Crippen LogP) is 5.42. The van der Waals surface area contributed by atoms with E-state index in [1.54, 1.807) is 19.2 Å². The SMILES string of the molecule is COc1cccc2c(Nc3ccc(F)cc3)nc(Nc3ccc4c(c3)OCO4)nc12.Cl. The molecule has 31 heavy (non-hydrogen) atoms. The van der Waals surface area contributed by atoms with Crippen LogP contribution in [0, 0.1) is 5.82 Å². The minimum absolute atomic E-state index is 0. The van der Waals surface area contributed by atoms with E-state index in [0.29, 0.717) is 40.2 Å². The van der Waals surface area contributed by atoms with Crippen LogP contribution < -0.4 is 24.8 Å². The maximum Gasteiger partial charge on any atom is 0.231 e. The van der Waals surface area contributed by atoms with Crippen LogP contribution in [0.15, 0.2) is 60.7 Å². The standard InChI is InChI=1S/C22H17FN4O3.ClH/c1-28-18-4-2-3-16-20(18)26-22(25-15-9-10-17-19(11-15)30-12-29-17)27-21(16)24-14-7-5-13(23)6-8-14;/h2-11H,12H2,1H3,(H2,24,25,26,27);1H. The molecule has 1 aliphatic heterocycles. The molecule has 1 aliphatic rings. The quantitative estimate of drug-likeness (QED) is 0.429. The Morgan fingerprint density at radius 1 is 0.903 bits per heavy atom. The summed E-state index contributed by atoms with van der Waals surface area (Å²) in [5.41, 5.74) is 2.09. The topological polar surface area (TPSA) is 77.5 Å². The average Bonchev–Trinajstić information content (AvgIpc) is 3.23. The van der Waals surface area contributed by atoms with Gasteiger partial charge in [0.15, 0.2) is 11.5 Å². The van der Waals surface area contributed by atoms with E-state index in [1.807, 2.05) is 36.4 Å². The molecule has 2 N–H and O–H groups in total. The van der Waals surface area contributed by atoms with Crippen molar-refractivity contribution < 1.29 is 18.6 Å². The molecule has 0 bridgehead atoms. The smallest absolute Gasteiger partial charge is 0.231 e. The fraction of sp³-hybridized carbons (Fsp3) is 0.0909. The van der Waals surface area contributed by atoms with Crippen LogP contribution in [0.1, 0.15) is 0 Å². The third-order valence-corrected chi connectivity index (χ3v) is 4.65. The van der Waals surface area contributed by atoms with Gasteiger partial charge in [-0.2, -0.15) is 4.98 Å². The lowest BCUT2D eigenvalue weighted by Crippen LogP contribution is -2.03. The van der Waals surface area contributed by atoms with Crippen LogP contribution in [-0.4, -0.2) is 23.9 Å². The second-order valence-corrected chi connectivity index (χ2v) is 6.58. The highest BCUT2D eigenvalue weighted by atomic mass is 35.5. The lowest BCUT2D eigenvalue weighted by molar-refractivity contribution is 0.174. The number of nitrogens with one attached hydrogen (secondary N) is 2. The van der Waals surface area contributed by atoms with E-state index in [1.165, 1.54) is 12.1 Å². The number of para-hydroxylation sites is 1. The molecule has 0 amide bonds. The highest BCUT2D eigenvalue weighted by molar-refractivity contribution is 5.95. The zero-order chi connectivity index (χ0) is 20.5. The number of benzene rings is 3. The first kappa shape index (κ1) is 20.5. The number of rotatable bonds is 5. The minimum atomic E-state index is -0.306. The van der Waals surface area contributed by atoms with Gasteiger partial charge < -0.3 is 24.8 Å². The summed E-state index contributed by atoms with van der Waals surface area (Å²) in [6, 6.07) is 17.2. The summed E-state index contributed by atoms with van der Waals surface area (Å²) in [6.45, 7) is 0.203. The van der Waals surface area contributed by atoms with Crippen LogP contribution in [0.5, 0.6) is 17.2 Å². The Balaban J connectivity index is 0.00000231. The second-order valence-electron chi connectivity index (χ2n) is 6.58. The van der Waals surface area contributed by atoms with Crippen molar-refractivity contribution in [3.63, 3.8) is 0 Å². The number of halogens is 2. The fourth-order valence-electron chi connectivity index (χ4n) is 3.22. The molecule has 0 atom stereocenters. The van der Waals surface area contributed by atoms with Crippen molar-refractivity contribution in [1.29, 1.82) is 0 Å². The highest BCUT2D eigenvalue weighted by Crippen LogP contribution is 2.36. The maximum absolute atomic E-state index is 13.3. The first-order valence-corrected chi connectivity index (χ1v) is 9.23. The number of anilines is 4. The molecule has 2 heterocycles. The van der Waals surface area contributed by atoms with E-state index in [0.717, 1.165) is 11.1 Å². The molecule has 0 saturated carbocycles. The molecule has 0 fully saturated rings. The van der Waals surface area contributed by atoms with Crippen molar-refractivity contribution in [2.45, 2.75) is 0 Å². The Morgan fingerprint density at radius 2 is 1.68 bits per heavy atom. The summed E-state index contributed by atoms with van der Waals surface area (Å²) in [6.07, 6.45) is 0. The minimum Gasteiger partial charge on any atom is -0.494 e. The molecule has 4 aromatic rings. The molecule has 9 heteroatoms. The number of hydrogen-bond donors (Lipinski definition) is 2. The first-order valence-electron chi connectivity index (χ1n) is 9.23. The van der Waals surface area contributed by atoms with Gasteiger partial charge in [0.05, 0.1) is 7.11 Å². The van der Waals surface area contributed by atoms with E-state index in [2.05, 4.69) is 20.6 Å². The summed E-state index contributed by atoms with van der Waals surface area (Å²) >= 11 is 0. The van der Waals surface area contributed by atoms with Crippen molar-refractivity contribution in [2.75, 3.05) is 24.5 Å². The molecule has 0 spiro atoms. The van der Waals surface area contributed by atoms with Crippen molar-refractivity contribution in [2.24, 2.45) is 0 Å². The van der Waals surface area contributed by atoms with Crippen LogP contribution in [0.4, 0.5) is 27.5 Å². The van der Waals surface area contributed by atoms with Gasteiger partial charge in [0.1, 0.15) is 22.9 Å². The van der Waals surface area contributed by atoms with Crippen molar-refractivity contribution in [1.82, 2.24) is 9.97 Å². The Labute approximate surface area is 183 Å². The summed E-state index contributed by atoms with van der Waals surface area (Å²) in [4.78, 5) is 9.26. The van der Waals surface area contributed by atoms with Gasteiger partial charge in [0.25, 0.3) is 0 Å². The molecule has 5 rings (SSSR count). The largest absolute Gasteiger partial charge is 0.494 e. The molecule has 158 valence electrons. The molecule has 0 radical (unpaired) electrons. The number of nitrogens with zero attached hydrogens (tertiary/aromatic N) is 2. The Kier molecular flexibility index (Phi) is 5.64. The van der Waals surface area contributed by atoms with Crippen LogP contribution in [-0.2, 0) is 0 Å². The Morgan fingerprint density at radius 3 is 2.48 bits per heavy atom. The summed E-state index contributed by atoms with van der Waals surface area (Å²) < 4.78 is 29.5. The molecular formula is C22H18ClFN4O3. The van der Waals surface area contributed by atoms with E-state index >= 15 is 0 Å². The van der Waals surface area contributed by atoms with Crippen LogP contribution in [0.25, 0.3) is 10.9 Å². The molecule has 3 aromatic carbocycles. The second kappa shape index (κ2) is 8.53. The molecule has 0 saturated heterocycles. The summed E-state index contributed by atoms with van der Waals surface area (Å²) in [7, 11) is 1.59. The van der Waals surface area contributed by atoms with E-state index in [-0.39, 0.29) is 25.0 Å². The zero-order valence-corrected chi connectivity index (χ0v) is 17.2. The van der Waals surface area contributed by atoms with Crippen molar-refractivity contribution in [3.05, 3.63) is 66.5 Å². The molecule has 1 aromatic heterocycles. The van der Waals surface area contributed by atoms with Crippen molar-refractivity contribution in [3.8, 4) is 17.2 Å². The Bertz CT molecular complexity index is 1240. The molecular weight excluding hydrogens is 423 g/mol.